The molecule has 0 spiro atoms. The second-order valence-electron chi connectivity index (χ2n) is 6.09. The number of allylic oxidation sites excluding steroid dienone is 1. The van der Waals surface area contributed by atoms with E-state index < -0.39 is 0 Å². The van der Waals surface area contributed by atoms with Crippen LogP contribution in [0.1, 0.15) is 18.4 Å². The molecule has 1 fully saturated rings. The summed E-state index contributed by atoms with van der Waals surface area (Å²) in [5.74, 6) is 2.34. The standard InChI is InChI=1S/C18H20ClN5O2/c19-18-21-12-14(15-3-1-2-8-26-15)17(23-18)22-13-4-5-16(20-11-13)24-6-9-25-10-7-24/h3-5,11-12H,1-2,6-10H2,(H,21,22,23). The molecule has 2 aromatic rings. The van der Waals surface area contributed by atoms with Crippen molar-refractivity contribution in [1.82, 2.24) is 15.0 Å². The highest BCUT2D eigenvalue weighted by atomic mass is 35.5. The van der Waals surface area contributed by atoms with Crippen LogP contribution in [0.2, 0.25) is 5.28 Å². The Balaban J connectivity index is 1.55. The topological polar surface area (TPSA) is 72.4 Å². The number of morpholine rings is 1. The van der Waals surface area contributed by atoms with Crippen LogP contribution in [-0.2, 0) is 9.47 Å². The predicted octanol–water partition coefficient (Wildman–Crippen LogP) is 3.26. The van der Waals surface area contributed by atoms with Gasteiger partial charge in [-0.2, -0.15) is 4.98 Å². The van der Waals surface area contributed by atoms with Gasteiger partial charge in [0.05, 0.1) is 37.3 Å². The Morgan fingerprint density at radius 2 is 1.96 bits per heavy atom. The fourth-order valence-corrected chi connectivity index (χ4v) is 3.09. The first-order chi connectivity index (χ1) is 12.8. The Bertz CT molecular complexity index is 791. The normalized spacial score (nSPS) is 17.4. The highest BCUT2D eigenvalue weighted by Gasteiger charge is 2.16. The van der Waals surface area contributed by atoms with Crippen LogP contribution in [0, 0.1) is 0 Å². The van der Waals surface area contributed by atoms with E-state index >= 15 is 0 Å². The van der Waals surface area contributed by atoms with E-state index in [0.717, 1.165) is 62.0 Å². The number of hydrogen-bond donors (Lipinski definition) is 1. The van der Waals surface area contributed by atoms with Crippen LogP contribution in [0.4, 0.5) is 17.3 Å². The molecule has 0 aliphatic carbocycles. The van der Waals surface area contributed by atoms with Crippen LogP contribution >= 0.6 is 11.6 Å². The van der Waals surface area contributed by atoms with Gasteiger partial charge in [0.2, 0.25) is 5.28 Å². The van der Waals surface area contributed by atoms with Crippen molar-refractivity contribution in [2.45, 2.75) is 12.8 Å². The predicted molar refractivity (Wildman–Crippen MR) is 101 cm³/mol. The lowest BCUT2D eigenvalue weighted by Crippen LogP contribution is -2.36. The molecule has 0 saturated carbocycles. The molecule has 0 aromatic carbocycles. The van der Waals surface area contributed by atoms with Gasteiger partial charge >= 0.3 is 0 Å². The molecule has 136 valence electrons. The van der Waals surface area contributed by atoms with Gasteiger partial charge in [0.25, 0.3) is 0 Å². The molecule has 4 rings (SSSR count). The van der Waals surface area contributed by atoms with E-state index in [2.05, 4.69) is 31.2 Å². The first-order valence-electron chi connectivity index (χ1n) is 8.71. The Morgan fingerprint density at radius 3 is 2.69 bits per heavy atom. The van der Waals surface area contributed by atoms with E-state index in [1.54, 1.807) is 12.4 Å². The molecule has 1 N–H and O–H groups in total. The fourth-order valence-electron chi connectivity index (χ4n) is 2.96. The summed E-state index contributed by atoms with van der Waals surface area (Å²) in [6.07, 6.45) is 7.53. The largest absolute Gasteiger partial charge is 0.493 e. The fraction of sp³-hybridized carbons (Fsp3) is 0.389. The minimum Gasteiger partial charge on any atom is -0.493 e. The summed E-state index contributed by atoms with van der Waals surface area (Å²) in [7, 11) is 0. The van der Waals surface area contributed by atoms with Crippen LogP contribution in [0.3, 0.4) is 0 Å². The van der Waals surface area contributed by atoms with Gasteiger partial charge in [-0.05, 0) is 42.7 Å². The van der Waals surface area contributed by atoms with Crippen molar-refractivity contribution in [3.8, 4) is 0 Å². The minimum absolute atomic E-state index is 0.186. The summed E-state index contributed by atoms with van der Waals surface area (Å²) >= 11 is 5.99. The van der Waals surface area contributed by atoms with Gasteiger partial charge < -0.3 is 19.7 Å². The SMILES string of the molecule is Clc1ncc(C2=CCCCO2)c(Nc2ccc(N3CCOCC3)nc2)n1. The van der Waals surface area contributed by atoms with E-state index in [1.807, 2.05) is 12.1 Å². The molecule has 0 unspecified atom stereocenters. The van der Waals surface area contributed by atoms with Crippen LogP contribution in [0.15, 0.2) is 30.6 Å². The van der Waals surface area contributed by atoms with Crippen molar-refractivity contribution in [3.05, 3.63) is 41.4 Å². The van der Waals surface area contributed by atoms with Gasteiger partial charge in [0.15, 0.2) is 0 Å². The Kier molecular flexibility index (Phi) is 5.17. The maximum absolute atomic E-state index is 5.99. The van der Waals surface area contributed by atoms with Gasteiger partial charge in [0.1, 0.15) is 17.4 Å². The highest BCUT2D eigenvalue weighted by Crippen LogP contribution is 2.29. The molecule has 0 radical (unpaired) electrons. The molecular weight excluding hydrogens is 354 g/mol. The van der Waals surface area contributed by atoms with Gasteiger partial charge in [0, 0.05) is 19.3 Å². The summed E-state index contributed by atoms with van der Waals surface area (Å²) < 4.78 is 11.1. The molecule has 0 amide bonds. The number of pyridine rings is 1. The lowest BCUT2D eigenvalue weighted by molar-refractivity contribution is 0.122. The van der Waals surface area contributed by atoms with Crippen LogP contribution in [0.5, 0.6) is 0 Å². The molecule has 0 atom stereocenters. The molecule has 1 saturated heterocycles. The minimum atomic E-state index is 0.186. The molecule has 2 aromatic heterocycles. The molecule has 4 heterocycles. The quantitative estimate of drug-likeness (QED) is 0.824. The summed E-state index contributed by atoms with van der Waals surface area (Å²) in [6.45, 7) is 3.89. The van der Waals surface area contributed by atoms with Crippen molar-refractivity contribution in [1.29, 1.82) is 0 Å². The van der Waals surface area contributed by atoms with E-state index in [4.69, 9.17) is 21.1 Å². The third-order valence-corrected chi connectivity index (χ3v) is 4.49. The monoisotopic (exact) mass is 373 g/mol. The summed E-state index contributed by atoms with van der Waals surface area (Å²) in [4.78, 5) is 15.2. The molecule has 2 aliphatic rings. The number of aromatic nitrogens is 3. The van der Waals surface area contributed by atoms with E-state index in [9.17, 15) is 0 Å². The summed E-state index contributed by atoms with van der Waals surface area (Å²) in [5.41, 5.74) is 1.63. The number of hydrogen-bond acceptors (Lipinski definition) is 7. The van der Waals surface area contributed by atoms with Crippen molar-refractivity contribution in [2.75, 3.05) is 43.1 Å². The van der Waals surface area contributed by atoms with E-state index in [1.165, 1.54) is 0 Å². The summed E-state index contributed by atoms with van der Waals surface area (Å²) in [6, 6.07) is 3.97. The van der Waals surface area contributed by atoms with Crippen molar-refractivity contribution in [3.63, 3.8) is 0 Å². The second-order valence-corrected chi connectivity index (χ2v) is 6.43. The number of anilines is 3. The second kappa shape index (κ2) is 7.88. The van der Waals surface area contributed by atoms with Gasteiger partial charge in [-0.25, -0.2) is 9.97 Å². The molecule has 0 bridgehead atoms. The van der Waals surface area contributed by atoms with Crippen molar-refractivity contribution < 1.29 is 9.47 Å². The smallest absolute Gasteiger partial charge is 0.224 e. The zero-order valence-corrected chi connectivity index (χ0v) is 15.1. The maximum atomic E-state index is 5.99. The molecule has 26 heavy (non-hydrogen) atoms. The third-order valence-electron chi connectivity index (χ3n) is 4.31. The van der Waals surface area contributed by atoms with E-state index in [0.29, 0.717) is 12.4 Å². The average molecular weight is 374 g/mol. The van der Waals surface area contributed by atoms with Gasteiger partial charge in [-0.3, -0.25) is 0 Å². The number of rotatable bonds is 4. The maximum Gasteiger partial charge on any atom is 0.224 e. The first-order valence-corrected chi connectivity index (χ1v) is 9.09. The third kappa shape index (κ3) is 3.89. The Labute approximate surface area is 157 Å². The van der Waals surface area contributed by atoms with Crippen molar-refractivity contribution >= 4 is 34.7 Å². The first kappa shape index (κ1) is 17.1. The molecule has 8 heteroatoms. The van der Waals surface area contributed by atoms with E-state index in [-0.39, 0.29) is 5.28 Å². The number of halogens is 1. The van der Waals surface area contributed by atoms with Crippen molar-refractivity contribution in [2.24, 2.45) is 0 Å². The zero-order valence-electron chi connectivity index (χ0n) is 14.3. The average Bonchev–Trinajstić information content (AvgIpc) is 2.70. The van der Waals surface area contributed by atoms with Crippen LogP contribution in [0.25, 0.3) is 5.76 Å². The zero-order chi connectivity index (χ0) is 17.8. The van der Waals surface area contributed by atoms with Gasteiger partial charge in [-0.15, -0.1) is 0 Å². The highest BCUT2D eigenvalue weighted by molar-refractivity contribution is 6.28. The van der Waals surface area contributed by atoms with Crippen LogP contribution < -0.4 is 10.2 Å². The molecule has 7 nitrogen and oxygen atoms in total. The summed E-state index contributed by atoms with van der Waals surface area (Å²) in [5, 5.41) is 3.46. The lowest BCUT2D eigenvalue weighted by Gasteiger charge is -2.27. The Morgan fingerprint density at radius 1 is 1.08 bits per heavy atom. The molecular formula is C18H20ClN5O2. The lowest BCUT2D eigenvalue weighted by atomic mass is 10.1. The number of nitrogens with one attached hydrogen (secondary N) is 1. The van der Waals surface area contributed by atoms with Gasteiger partial charge in [-0.1, -0.05) is 0 Å². The Hall–Kier alpha value is -2.38. The number of nitrogens with zero attached hydrogens (tertiary/aromatic N) is 4. The number of ether oxygens (including phenoxy) is 2. The van der Waals surface area contributed by atoms with Crippen LogP contribution in [-0.4, -0.2) is 47.9 Å². The molecule has 2 aliphatic heterocycles.